The van der Waals surface area contributed by atoms with Crippen LogP contribution in [0.5, 0.6) is 0 Å². The van der Waals surface area contributed by atoms with E-state index in [-0.39, 0.29) is 24.1 Å². The average Bonchev–Trinajstić information content (AvgIpc) is 3.34. The number of methoxy groups -OCH3 is 1. The highest BCUT2D eigenvalue weighted by molar-refractivity contribution is 6.01. The number of nitrogens with one attached hydrogen (secondary N) is 2. The number of halogens is 2. The first-order chi connectivity index (χ1) is 18.0. The number of carbonyl (C=O) groups excluding carboxylic acids is 2. The maximum Gasteiger partial charge on any atom is 0.327 e. The molecule has 1 aliphatic rings. The van der Waals surface area contributed by atoms with Crippen molar-refractivity contribution in [2.75, 3.05) is 20.2 Å². The minimum Gasteiger partial charge on any atom is -0.468 e. The molecule has 1 saturated heterocycles. The molecule has 2 N–H and O–H groups in total. The number of aromatic amines is 1. The highest BCUT2D eigenvalue weighted by atomic mass is 19.1. The minimum atomic E-state index is -1.25. The Bertz CT molecular complexity index is 1420. The standard InChI is InChI=1S/C27H25F2N5O3/c1-37-27(36)25(23-20(28)5-2-6-21(23)29)34-13-3-4-18(15-34)31-26(35)17-7-8-22-19(14-17)24(33-32-22)16-9-11-30-12-10-16/h2,5-12,14,18,25H,3-4,13,15H2,1H3,(H,31,35)(H,32,33)/t18-,25?/m1/s1. The molecule has 1 fully saturated rings. The van der Waals surface area contributed by atoms with Crippen molar-refractivity contribution in [1.29, 1.82) is 0 Å². The van der Waals surface area contributed by atoms with Crippen LogP contribution in [0.2, 0.25) is 0 Å². The maximum atomic E-state index is 14.6. The van der Waals surface area contributed by atoms with Crippen molar-refractivity contribution in [3.63, 3.8) is 0 Å². The number of aromatic nitrogens is 3. The van der Waals surface area contributed by atoms with Gasteiger partial charge < -0.3 is 10.1 Å². The summed E-state index contributed by atoms with van der Waals surface area (Å²) in [6.07, 6.45) is 4.64. The molecule has 1 amide bonds. The number of nitrogens with zero attached hydrogens (tertiary/aromatic N) is 3. The third-order valence-electron chi connectivity index (χ3n) is 6.63. The monoisotopic (exact) mass is 505 g/mol. The molecule has 0 aliphatic carbocycles. The minimum absolute atomic E-state index is 0.232. The van der Waals surface area contributed by atoms with Crippen molar-refractivity contribution < 1.29 is 23.1 Å². The molecule has 2 aromatic carbocycles. The summed E-state index contributed by atoms with van der Waals surface area (Å²) in [6, 6.07) is 10.9. The van der Waals surface area contributed by atoms with Gasteiger partial charge in [-0.3, -0.25) is 19.8 Å². The molecule has 1 aliphatic heterocycles. The number of carbonyl (C=O) groups is 2. The van der Waals surface area contributed by atoms with E-state index in [4.69, 9.17) is 4.74 Å². The first-order valence-corrected chi connectivity index (χ1v) is 11.9. The normalized spacial score (nSPS) is 16.9. The average molecular weight is 506 g/mol. The quantitative estimate of drug-likeness (QED) is 0.384. The van der Waals surface area contributed by atoms with Gasteiger partial charge in [-0.2, -0.15) is 5.10 Å². The fourth-order valence-electron chi connectivity index (χ4n) is 4.85. The van der Waals surface area contributed by atoms with Crippen LogP contribution in [0.25, 0.3) is 22.2 Å². The van der Waals surface area contributed by atoms with Crippen LogP contribution in [0.1, 0.15) is 34.8 Å². The molecule has 10 heteroatoms. The molecular formula is C27H25F2N5O3. The van der Waals surface area contributed by atoms with E-state index in [0.29, 0.717) is 30.6 Å². The summed E-state index contributed by atoms with van der Waals surface area (Å²) in [5.41, 5.74) is 2.47. The van der Waals surface area contributed by atoms with E-state index >= 15 is 0 Å². The number of hydrogen-bond acceptors (Lipinski definition) is 6. The highest BCUT2D eigenvalue weighted by Gasteiger charge is 2.36. The van der Waals surface area contributed by atoms with Gasteiger partial charge in [-0.05, 0) is 61.9 Å². The van der Waals surface area contributed by atoms with Gasteiger partial charge >= 0.3 is 5.97 Å². The van der Waals surface area contributed by atoms with Crippen molar-refractivity contribution in [3.8, 4) is 11.3 Å². The summed E-state index contributed by atoms with van der Waals surface area (Å²) in [4.78, 5) is 31.5. The van der Waals surface area contributed by atoms with Crippen molar-refractivity contribution in [2.24, 2.45) is 0 Å². The maximum absolute atomic E-state index is 14.6. The topological polar surface area (TPSA) is 100 Å². The van der Waals surface area contributed by atoms with Crippen molar-refractivity contribution in [2.45, 2.75) is 24.9 Å². The van der Waals surface area contributed by atoms with Gasteiger partial charge in [0.15, 0.2) is 0 Å². The van der Waals surface area contributed by atoms with Crippen molar-refractivity contribution in [1.82, 2.24) is 25.4 Å². The summed E-state index contributed by atoms with van der Waals surface area (Å²) in [6.45, 7) is 0.658. The third kappa shape index (κ3) is 4.92. The van der Waals surface area contributed by atoms with Crippen LogP contribution in [-0.4, -0.2) is 58.2 Å². The van der Waals surface area contributed by atoms with Gasteiger partial charge in [0.2, 0.25) is 0 Å². The van der Waals surface area contributed by atoms with E-state index in [2.05, 4.69) is 20.5 Å². The number of likely N-dealkylation sites (tertiary alicyclic amines) is 1. The Kier molecular flexibility index (Phi) is 6.91. The van der Waals surface area contributed by atoms with Crippen LogP contribution >= 0.6 is 0 Å². The molecule has 8 nitrogen and oxygen atoms in total. The van der Waals surface area contributed by atoms with E-state index in [1.54, 1.807) is 35.5 Å². The Morgan fingerprint density at radius 1 is 1.14 bits per heavy atom. The summed E-state index contributed by atoms with van der Waals surface area (Å²) in [7, 11) is 1.18. The Labute approximate surface area is 211 Å². The number of H-pyrrole nitrogens is 1. The van der Waals surface area contributed by atoms with Gasteiger partial charge in [0, 0.05) is 41.5 Å². The zero-order valence-corrected chi connectivity index (χ0v) is 20.1. The molecule has 0 bridgehead atoms. The molecule has 0 spiro atoms. The van der Waals surface area contributed by atoms with Crippen LogP contribution in [-0.2, 0) is 9.53 Å². The molecular weight excluding hydrogens is 480 g/mol. The zero-order chi connectivity index (χ0) is 25.9. The van der Waals surface area contributed by atoms with Crippen molar-refractivity contribution >= 4 is 22.8 Å². The van der Waals surface area contributed by atoms with E-state index in [0.717, 1.165) is 28.6 Å². The largest absolute Gasteiger partial charge is 0.468 e. The molecule has 4 aromatic rings. The number of pyridine rings is 1. The lowest BCUT2D eigenvalue weighted by atomic mass is 9.98. The molecule has 5 rings (SSSR count). The number of hydrogen-bond donors (Lipinski definition) is 2. The van der Waals surface area contributed by atoms with Gasteiger partial charge in [0.1, 0.15) is 23.4 Å². The fraction of sp³-hybridized carbons (Fsp3) is 0.259. The number of amides is 1. The molecule has 190 valence electrons. The highest BCUT2D eigenvalue weighted by Crippen LogP contribution is 2.30. The van der Waals surface area contributed by atoms with Crippen LogP contribution < -0.4 is 5.32 Å². The Morgan fingerprint density at radius 3 is 2.62 bits per heavy atom. The van der Waals surface area contributed by atoms with Gasteiger partial charge in [0.25, 0.3) is 5.91 Å². The Morgan fingerprint density at radius 2 is 1.89 bits per heavy atom. The second-order valence-electron chi connectivity index (χ2n) is 8.94. The number of piperidine rings is 1. The summed E-state index contributed by atoms with van der Waals surface area (Å²) >= 11 is 0. The molecule has 37 heavy (non-hydrogen) atoms. The molecule has 1 unspecified atom stereocenters. The summed E-state index contributed by atoms with van der Waals surface area (Å²) < 4.78 is 34.0. The summed E-state index contributed by atoms with van der Waals surface area (Å²) in [5, 5.41) is 11.2. The van der Waals surface area contributed by atoms with Crippen LogP contribution in [0.3, 0.4) is 0 Å². The molecule has 0 radical (unpaired) electrons. The Hall–Kier alpha value is -4.18. The molecule has 2 atom stereocenters. The molecule has 3 heterocycles. The van der Waals surface area contributed by atoms with Gasteiger partial charge in [-0.15, -0.1) is 0 Å². The third-order valence-corrected chi connectivity index (χ3v) is 6.63. The smallest absolute Gasteiger partial charge is 0.327 e. The molecule has 0 saturated carbocycles. The van der Waals surface area contributed by atoms with E-state index < -0.39 is 23.6 Å². The van der Waals surface area contributed by atoms with E-state index in [9.17, 15) is 18.4 Å². The number of ether oxygens (including phenoxy) is 1. The number of fused-ring (bicyclic) bond motifs is 1. The van der Waals surface area contributed by atoms with Crippen molar-refractivity contribution in [3.05, 3.63) is 83.7 Å². The predicted octanol–water partition coefficient (Wildman–Crippen LogP) is 4.01. The predicted molar refractivity (Wildman–Crippen MR) is 133 cm³/mol. The second kappa shape index (κ2) is 10.4. The lowest BCUT2D eigenvalue weighted by Crippen LogP contribution is -2.50. The van der Waals surface area contributed by atoms with Crippen LogP contribution in [0, 0.1) is 11.6 Å². The van der Waals surface area contributed by atoms with E-state index in [1.807, 2.05) is 12.1 Å². The van der Waals surface area contributed by atoms with Crippen LogP contribution in [0.15, 0.2) is 60.9 Å². The van der Waals surface area contributed by atoms with Gasteiger partial charge in [-0.1, -0.05) is 6.07 Å². The number of esters is 1. The lowest BCUT2D eigenvalue weighted by Gasteiger charge is -2.37. The molecule has 2 aromatic heterocycles. The SMILES string of the molecule is COC(=O)C(c1c(F)cccc1F)N1CCC[C@@H](NC(=O)c2ccc3[nH]nc(-c4ccncc4)c3c2)C1. The lowest BCUT2D eigenvalue weighted by molar-refractivity contribution is -0.148. The Balaban J connectivity index is 1.36. The number of rotatable bonds is 6. The van der Waals surface area contributed by atoms with Gasteiger partial charge in [0.05, 0.1) is 18.2 Å². The fourth-order valence-corrected chi connectivity index (χ4v) is 4.85. The first-order valence-electron chi connectivity index (χ1n) is 11.9. The van der Waals surface area contributed by atoms with Crippen LogP contribution in [0.4, 0.5) is 8.78 Å². The zero-order valence-electron chi connectivity index (χ0n) is 20.1. The number of benzene rings is 2. The van der Waals surface area contributed by atoms with E-state index in [1.165, 1.54) is 13.2 Å². The van der Waals surface area contributed by atoms with Gasteiger partial charge in [-0.25, -0.2) is 13.6 Å². The summed E-state index contributed by atoms with van der Waals surface area (Å²) in [5.74, 6) is -2.69. The second-order valence-corrected chi connectivity index (χ2v) is 8.94. The first kappa shape index (κ1) is 24.5.